The SMILES string of the molecule is Cc1nccn1CC1CCC2=C(C1=O)c1cc(Cc3ccc4c(c3)C3=C(CCC(Cn5ccnc5C)C3=O)C4C)ccc1C2C. The summed E-state index contributed by atoms with van der Waals surface area (Å²) in [6.07, 6.45) is 12.1. The molecular formula is C39H40N4O2. The van der Waals surface area contributed by atoms with E-state index in [0.29, 0.717) is 13.1 Å². The largest absolute Gasteiger partial charge is 0.334 e. The van der Waals surface area contributed by atoms with Crippen LogP contribution in [0, 0.1) is 25.7 Å². The van der Waals surface area contributed by atoms with Crippen molar-refractivity contribution >= 4 is 22.7 Å². The Hall–Kier alpha value is -4.32. The Bertz CT molecular complexity index is 1810. The van der Waals surface area contributed by atoms with Crippen LogP contribution in [0.15, 0.2) is 72.3 Å². The fourth-order valence-corrected chi connectivity index (χ4v) is 8.62. The summed E-state index contributed by atoms with van der Waals surface area (Å²) in [5.41, 5.74) is 11.8. The second-order valence-corrected chi connectivity index (χ2v) is 13.7. The molecule has 2 aromatic heterocycles. The van der Waals surface area contributed by atoms with Crippen molar-refractivity contribution in [2.75, 3.05) is 0 Å². The van der Waals surface area contributed by atoms with Crippen LogP contribution in [0.1, 0.15) is 96.4 Å². The molecule has 4 aliphatic rings. The van der Waals surface area contributed by atoms with Gasteiger partial charge in [0.2, 0.25) is 0 Å². The van der Waals surface area contributed by atoms with Gasteiger partial charge in [0.1, 0.15) is 11.6 Å². The van der Waals surface area contributed by atoms with E-state index in [1.807, 2.05) is 38.6 Å². The quantitative estimate of drug-likeness (QED) is 0.233. The van der Waals surface area contributed by atoms with Crippen molar-refractivity contribution in [3.05, 3.63) is 117 Å². The van der Waals surface area contributed by atoms with Crippen LogP contribution in [-0.4, -0.2) is 30.7 Å². The molecule has 45 heavy (non-hydrogen) atoms. The number of hydrogen-bond donors (Lipinski definition) is 0. The van der Waals surface area contributed by atoms with Crippen molar-refractivity contribution in [2.24, 2.45) is 11.8 Å². The molecule has 0 fully saturated rings. The van der Waals surface area contributed by atoms with Crippen molar-refractivity contribution in [1.82, 2.24) is 19.1 Å². The van der Waals surface area contributed by atoms with Gasteiger partial charge in [-0.1, -0.05) is 61.4 Å². The third-order valence-electron chi connectivity index (χ3n) is 11.2. The van der Waals surface area contributed by atoms with Crippen LogP contribution in [0.2, 0.25) is 0 Å². The number of allylic oxidation sites excluding steroid dienone is 4. The summed E-state index contributed by atoms with van der Waals surface area (Å²) in [6, 6.07) is 13.5. The Balaban J connectivity index is 1.06. The second kappa shape index (κ2) is 10.6. The first-order valence-electron chi connectivity index (χ1n) is 16.5. The predicted octanol–water partition coefficient (Wildman–Crippen LogP) is 7.39. The molecule has 4 aliphatic carbocycles. The number of carbonyl (C=O) groups excluding carboxylic acids is 2. The van der Waals surface area contributed by atoms with E-state index in [2.05, 4.69) is 69.3 Å². The topological polar surface area (TPSA) is 69.8 Å². The van der Waals surface area contributed by atoms with Crippen molar-refractivity contribution in [3.63, 3.8) is 0 Å². The number of aromatic nitrogens is 4. The monoisotopic (exact) mass is 596 g/mol. The van der Waals surface area contributed by atoms with Crippen LogP contribution in [-0.2, 0) is 29.1 Å². The molecule has 4 atom stereocenters. The molecule has 8 rings (SSSR count). The van der Waals surface area contributed by atoms with Crippen molar-refractivity contribution in [2.45, 2.75) is 84.7 Å². The summed E-state index contributed by atoms with van der Waals surface area (Å²) >= 11 is 0. The molecule has 4 aromatic rings. The maximum atomic E-state index is 14.0. The molecule has 0 saturated carbocycles. The van der Waals surface area contributed by atoms with Gasteiger partial charge in [0.05, 0.1) is 0 Å². The Morgan fingerprint density at radius 1 is 0.689 bits per heavy atom. The molecule has 0 N–H and O–H groups in total. The van der Waals surface area contributed by atoms with Gasteiger partial charge in [-0.25, -0.2) is 9.97 Å². The summed E-state index contributed by atoms with van der Waals surface area (Å²) in [6.45, 7) is 9.89. The smallest absolute Gasteiger partial charge is 0.168 e. The van der Waals surface area contributed by atoms with Crippen LogP contribution in [0.5, 0.6) is 0 Å². The molecule has 0 radical (unpaired) electrons. The first kappa shape index (κ1) is 28.2. The minimum absolute atomic E-state index is 0.0193. The van der Waals surface area contributed by atoms with Crippen LogP contribution in [0.4, 0.5) is 0 Å². The minimum Gasteiger partial charge on any atom is -0.334 e. The molecule has 2 aromatic carbocycles. The standard InChI is InChI=1S/C39H40N4O2/c1-22-30-9-5-26(18-34(30)36-32(22)11-7-28(38(36)44)20-42-15-13-40-24(42)3)17-27-6-10-31-23(2)33-12-8-29(21-43-16-14-41-25(43)4)39(45)37(33)35(31)19-27/h5-6,9-10,13-16,18-19,22-23,28-29H,7-8,11-12,17,20-21H2,1-4H3. The number of benzene rings is 2. The van der Waals surface area contributed by atoms with E-state index < -0.39 is 0 Å². The third kappa shape index (κ3) is 4.52. The normalized spacial score (nSPS) is 23.8. The highest BCUT2D eigenvalue weighted by Crippen LogP contribution is 2.50. The lowest BCUT2D eigenvalue weighted by Gasteiger charge is -2.25. The first-order valence-corrected chi connectivity index (χ1v) is 16.5. The van der Waals surface area contributed by atoms with E-state index in [1.165, 1.54) is 33.4 Å². The van der Waals surface area contributed by atoms with Gasteiger partial charge in [-0.2, -0.15) is 0 Å². The number of nitrogens with zero attached hydrogens (tertiary/aromatic N) is 4. The lowest BCUT2D eigenvalue weighted by atomic mass is 9.80. The van der Waals surface area contributed by atoms with E-state index >= 15 is 0 Å². The Morgan fingerprint density at radius 2 is 1.13 bits per heavy atom. The van der Waals surface area contributed by atoms with E-state index in [-0.39, 0.29) is 35.2 Å². The van der Waals surface area contributed by atoms with Crippen LogP contribution < -0.4 is 0 Å². The molecule has 0 bridgehead atoms. The molecule has 228 valence electrons. The average Bonchev–Trinajstić information content (AvgIpc) is 3.77. The number of fused-ring (bicyclic) bond motifs is 4. The highest BCUT2D eigenvalue weighted by Gasteiger charge is 2.40. The second-order valence-electron chi connectivity index (χ2n) is 13.7. The van der Waals surface area contributed by atoms with Crippen molar-refractivity contribution in [1.29, 1.82) is 0 Å². The molecule has 4 unspecified atom stereocenters. The number of imidazole rings is 2. The lowest BCUT2D eigenvalue weighted by molar-refractivity contribution is -0.119. The highest BCUT2D eigenvalue weighted by atomic mass is 16.1. The van der Waals surface area contributed by atoms with Gasteiger partial charge in [-0.3, -0.25) is 9.59 Å². The molecule has 6 heteroatoms. The first-order chi connectivity index (χ1) is 21.8. The van der Waals surface area contributed by atoms with Crippen LogP contribution in [0.3, 0.4) is 0 Å². The number of aryl methyl sites for hydroxylation is 2. The molecule has 2 heterocycles. The number of carbonyl (C=O) groups is 2. The molecule has 0 aliphatic heterocycles. The van der Waals surface area contributed by atoms with Crippen LogP contribution >= 0.6 is 0 Å². The van der Waals surface area contributed by atoms with Gasteiger partial charge >= 0.3 is 0 Å². The number of hydrogen-bond acceptors (Lipinski definition) is 4. The maximum absolute atomic E-state index is 14.0. The van der Waals surface area contributed by atoms with E-state index in [9.17, 15) is 9.59 Å². The van der Waals surface area contributed by atoms with Gasteiger partial charge in [-0.05, 0) is 79.3 Å². The number of ketones is 2. The van der Waals surface area contributed by atoms with E-state index in [1.54, 1.807) is 0 Å². The van der Waals surface area contributed by atoms with Gasteiger partial charge < -0.3 is 9.13 Å². The molecular weight excluding hydrogens is 556 g/mol. The summed E-state index contributed by atoms with van der Waals surface area (Å²) in [5.74, 6) is 3.01. The van der Waals surface area contributed by atoms with Gasteiger partial charge in [0.15, 0.2) is 11.6 Å². The summed E-state index contributed by atoms with van der Waals surface area (Å²) in [5, 5.41) is 0. The predicted molar refractivity (Wildman–Crippen MR) is 176 cm³/mol. The number of Topliss-reactive ketones (excluding diaryl/α,β-unsaturated/α-hetero) is 2. The Labute approximate surface area is 264 Å². The molecule has 0 saturated heterocycles. The fourth-order valence-electron chi connectivity index (χ4n) is 8.62. The van der Waals surface area contributed by atoms with E-state index in [0.717, 1.165) is 66.0 Å². The Morgan fingerprint density at radius 3 is 1.53 bits per heavy atom. The van der Waals surface area contributed by atoms with Gasteiger partial charge in [-0.15, -0.1) is 0 Å². The average molecular weight is 597 g/mol. The molecule has 0 spiro atoms. The minimum atomic E-state index is -0.0193. The maximum Gasteiger partial charge on any atom is 0.168 e. The number of rotatable bonds is 6. The lowest BCUT2D eigenvalue weighted by Crippen LogP contribution is -2.25. The van der Waals surface area contributed by atoms with E-state index in [4.69, 9.17) is 0 Å². The molecule has 0 amide bonds. The summed E-state index contributed by atoms with van der Waals surface area (Å²) in [4.78, 5) is 36.6. The van der Waals surface area contributed by atoms with Crippen LogP contribution in [0.25, 0.3) is 11.1 Å². The Kier molecular flexibility index (Phi) is 6.66. The van der Waals surface area contributed by atoms with Gasteiger partial charge in [0.25, 0.3) is 0 Å². The van der Waals surface area contributed by atoms with Crippen molar-refractivity contribution in [3.8, 4) is 0 Å². The van der Waals surface area contributed by atoms with Gasteiger partial charge in [0, 0.05) is 72.7 Å². The zero-order valence-electron chi connectivity index (χ0n) is 26.6. The highest BCUT2D eigenvalue weighted by molar-refractivity contribution is 6.26. The summed E-state index contributed by atoms with van der Waals surface area (Å²) in [7, 11) is 0. The fraction of sp³-hybridized carbons (Fsp3) is 0.385. The third-order valence-corrected chi connectivity index (χ3v) is 11.2. The van der Waals surface area contributed by atoms with Crippen molar-refractivity contribution < 1.29 is 9.59 Å². The molecule has 6 nitrogen and oxygen atoms in total. The zero-order chi connectivity index (χ0) is 31.0. The zero-order valence-corrected chi connectivity index (χ0v) is 26.6. The summed E-state index contributed by atoms with van der Waals surface area (Å²) < 4.78 is 4.22.